The van der Waals surface area contributed by atoms with Crippen molar-refractivity contribution in [1.82, 2.24) is 0 Å². The Balaban J connectivity index is 1.81. The standard InChI is InChI=1S/C28H30O3/c1-27(2)14-15-28(3,4)24-17-21(10-12-23(24)27)20-11-13-25(31-5)22(16-20)18-6-8-19(9-7-18)26(29)30/h6-13,16-17H,14-15H2,1-5H3,(H,29,30). The van der Waals surface area contributed by atoms with Gasteiger partial charge in [-0.05, 0) is 75.8 Å². The lowest BCUT2D eigenvalue weighted by atomic mass is 9.63. The van der Waals surface area contributed by atoms with E-state index in [0.29, 0.717) is 0 Å². The molecule has 0 amide bonds. The van der Waals surface area contributed by atoms with Crippen molar-refractivity contribution < 1.29 is 14.6 Å². The van der Waals surface area contributed by atoms with E-state index in [-0.39, 0.29) is 16.4 Å². The van der Waals surface area contributed by atoms with Crippen LogP contribution in [0, 0.1) is 0 Å². The summed E-state index contributed by atoms with van der Waals surface area (Å²) in [5.41, 5.74) is 7.71. The molecule has 0 fully saturated rings. The van der Waals surface area contributed by atoms with Gasteiger partial charge >= 0.3 is 5.97 Å². The minimum absolute atomic E-state index is 0.156. The average Bonchev–Trinajstić information content (AvgIpc) is 2.76. The van der Waals surface area contributed by atoms with Crippen LogP contribution in [0.2, 0.25) is 0 Å². The van der Waals surface area contributed by atoms with E-state index in [1.807, 2.05) is 18.2 Å². The molecule has 31 heavy (non-hydrogen) atoms. The van der Waals surface area contributed by atoms with Gasteiger partial charge in [-0.2, -0.15) is 0 Å². The van der Waals surface area contributed by atoms with Gasteiger partial charge in [0.2, 0.25) is 0 Å². The highest BCUT2D eigenvalue weighted by Crippen LogP contribution is 2.47. The third-order valence-corrected chi connectivity index (χ3v) is 6.83. The van der Waals surface area contributed by atoms with Crippen molar-refractivity contribution >= 4 is 5.97 Å². The largest absolute Gasteiger partial charge is 0.496 e. The second kappa shape index (κ2) is 7.56. The van der Waals surface area contributed by atoms with Gasteiger partial charge in [-0.25, -0.2) is 4.79 Å². The summed E-state index contributed by atoms with van der Waals surface area (Å²) in [6, 6.07) is 20.0. The second-order valence-electron chi connectivity index (χ2n) is 9.83. The first kappa shape index (κ1) is 21.2. The van der Waals surface area contributed by atoms with E-state index in [9.17, 15) is 9.90 Å². The Labute approximate surface area is 184 Å². The number of fused-ring (bicyclic) bond motifs is 1. The van der Waals surface area contributed by atoms with Crippen LogP contribution in [0.5, 0.6) is 5.75 Å². The van der Waals surface area contributed by atoms with Crippen LogP contribution in [-0.2, 0) is 10.8 Å². The number of hydrogen-bond acceptors (Lipinski definition) is 2. The van der Waals surface area contributed by atoms with Gasteiger partial charge in [0.1, 0.15) is 5.75 Å². The molecule has 3 heteroatoms. The van der Waals surface area contributed by atoms with Gasteiger partial charge in [-0.3, -0.25) is 0 Å². The summed E-state index contributed by atoms with van der Waals surface area (Å²) in [6.07, 6.45) is 2.38. The number of carbonyl (C=O) groups is 1. The molecule has 0 aliphatic heterocycles. The fourth-order valence-corrected chi connectivity index (χ4v) is 4.67. The smallest absolute Gasteiger partial charge is 0.335 e. The minimum Gasteiger partial charge on any atom is -0.496 e. The van der Waals surface area contributed by atoms with Crippen LogP contribution in [-0.4, -0.2) is 18.2 Å². The number of hydrogen-bond donors (Lipinski definition) is 1. The van der Waals surface area contributed by atoms with Crippen LogP contribution in [0.25, 0.3) is 22.3 Å². The Morgan fingerprint density at radius 2 is 1.32 bits per heavy atom. The molecule has 0 unspecified atom stereocenters. The lowest BCUT2D eigenvalue weighted by molar-refractivity contribution is 0.0697. The van der Waals surface area contributed by atoms with E-state index in [1.165, 1.54) is 29.5 Å². The third-order valence-electron chi connectivity index (χ3n) is 6.83. The summed E-state index contributed by atoms with van der Waals surface area (Å²) in [5, 5.41) is 9.19. The molecule has 0 spiro atoms. The van der Waals surface area contributed by atoms with Crippen LogP contribution in [0.3, 0.4) is 0 Å². The van der Waals surface area contributed by atoms with Crippen molar-refractivity contribution in [1.29, 1.82) is 0 Å². The number of rotatable bonds is 4. The fourth-order valence-electron chi connectivity index (χ4n) is 4.67. The normalized spacial score (nSPS) is 16.4. The second-order valence-corrected chi connectivity index (χ2v) is 9.83. The molecule has 3 aromatic carbocycles. The van der Waals surface area contributed by atoms with Gasteiger partial charge in [0.25, 0.3) is 0 Å². The van der Waals surface area contributed by atoms with Crippen LogP contribution < -0.4 is 4.74 Å². The number of carboxylic acids is 1. The Kier molecular flexibility index (Phi) is 5.17. The number of carboxylic acid groups (broad SMARTS) is 1. The Morgan fingerprint density at radius 3 is 1.94 bits per heavy atom. The highest BCUT2D eigenvalue weighted by molar-refractivity contribution is 5.89. The first-order valence-electron chi connectivity index (χ1n) is 10.8. The van der Waals surface area contributed by atoms with Crippen molar-refractivity contribution in [2.45, 2.75) is 51.4 Å². The predicted octanol–water partition coefficient (Wildman–Crippen LogP) is 7.08. The number of benzene rings is 3. The monoisotopic (exact) mass is 414 g/mol. The summed E-state index contributed by atoms with van der Waals surface area (Å²) in [5.74, 6) is -0.155. The number of aromatic carboxylic acids is 1. The molecular weight excluding hydrogens is 384 g/mol. The van der Waals surface area contributed by atoms with Gasteiger partial charge < -0.3 is 9.84 Å². The van der Waals surface area contributed by atoms with Crippen LogP contribution in [0.15, 0.2) is 60.7 Å². The fraction of sp³-hybridized carbons (Fsp3) is 0.321. The summed E-state index contributed by atoms with van der Waals surface area (Å²) in [6.45, 7) is 9.36. The lowest BCUT2D eigenvalue weighted by Crippen LogP contribution is -2.33. The Hall–Kier alpha value is -3.07. The molecule has 0 bridgehead atoms. The molecule has 3 nitrogen and oxygen atoms in total. The molecule has 0 atom stereocenters. The van der Waals surface area contributed by atoms with Gasteiger partial charge in [0.05, 0.1) is 12.7 Å². The molecular formula is C28H30O3. The zero-order chi connectivity index (χ0) is 22.4. The minimum atomic E-state index is -0.924. The lowest BCUT2D eigenvalue weighted by Gasteiger charge is -2.42. The molecule has 0 saturated carbocycles. The van der Waals surface area contributed by atoms with Gasteiger partial charge in [-0.15, -0.1) is 0 Å². The SMILES string of the molecule is COc1ccc(-c2ccc3c(c2)C(C)(C)CCC3(C)C)cc1-c1ccc(C(=O)O)cc1. The number of methoxy groups -OCH3 is 1. The molecule has 1 aliphatic rings. The quantitative estimate of drug-likeness (QED) is 0.496. The zero-order valence-electron chi connectivity index (χ0n) is 19.0. The molecule has 0 aromatic heterocycles. The molecule has 1 aliphatic carbocycles. The first-order valence-corrected chi connectivity index (χ1v) is 10.8. The van der Waals surface area contributed by atoms with Crippen molar-refractivity contribution in [3.8, 4) is 28.0 Å². The summed E-state index contributed by atoms with van der Waals surface area (Å²) >= 11 is 0. The van der Waals surface area contributed by atoms with Crippen LogP contribution in [0.1, 0.15) is 62.0 Å². The number of ether oxygens (including phenoxy) is 1. The average molecular weight is 415 g/mol. The van der Waals surface area contributed by atoms with Crippen molar-refractivity contribution in [2.24, 2.45) is 0 Å². The molecule has 0 saturated heterocycles. The van der Waals surface area contributed by atoms with Crippen LogP contribution >= 0.6 is 0 Å². The highest BCUT2D eigenvalue weighted by Gasteiger charge is 2.37. The van der Waals surface area contributed by atoms with Gasteiger partial charge in [0, 0.05) is 5.56 Å². The zero-order valence-corrected chi connectivity index (χ0v) is 19.0. The first-order chi connectivity index (χ1) is 14.6. The van der Waals surface area contributed by atoms with E-state index < -0.39 is 5.97 Å². The van der Waals surface area contributed by atoms with Gasteiger partial charge in [0.15, 0.2) is 0 Å². The molecule has 0 radical (unpaired) electrons. The molecule has 0 heterocycles. The summed E-state index contributed by atoms with van der Waals surface area (Å²) in [7, 11) is 1.66. The maximum atomic E-state index is 11.2. The maximum absolute atomic E-state index is 11.2. The van der Waals surface area contributed by atoms with Gasteiger partial charge in [-0.1, -0.05) is 64.1 Å². The highest BCUT2D eigenvalue weighted by atomic mass is 16.5. The third kappa shape index (κ3) is 3.85. The maximum Gasteiger partial charge on any atom is 0.335 e. The molecule has 3 aromatic rings. The molecule has 160 valence electrons. The predicted molar refractivity (Wildman–Crippen MR) is 126 cm³/mol. The van der Waals surface area contributed by atoms with E-state index in [4.69, 9.17) is 4.74 Å². The van der Waals surface area contributed by atoms with E-state index in [0.717, 1.165) is 22.4 Å². The van der Waals surface area contributed by atoms with Crippen molar-refractivity contribution in [3.63, 3.8) is 0 Å². The van der Waals surface area contributed by atoms with Crippen LogP contribution in [0.4, 0.5) is 0 Å². The Bertz CT molecular complexity index is 1140. The van der Waals surface area contributed by atoms with Crippen molar-refractivity contribution in [3.05, 3.63) is 77.4 Å². The molecule has 1 N–H and O–H groups in total. The Morgan fingerprint density at radius 1 is 0.774 bits per heavy atom. The van der Waals surface area contributed by atoms with Crippen molar-refractivity contribution in [2.75, 3.05) is 7.11 Å². The topological polar surface area (TPSA) is 46.5 Å². The molecule has 4 rings (SSSR count). The summed E-state index contributed by atoms with van der Waals surface area (Å²) < 4.78 is 5.60. The summed E-state index contributed by atoms with van der Waals surface area (Å²) in [4.78, 5) is 11.2. The van der Waals surface area contributed by atoms with E-state index in [2.05, 4.69) is 58.0 Å². The van der Waals surface area contributed by atoms with E-state index >= 15 is 0 Å². The van der Waals surface area contributed by atoms with E-state index in [1.54, 1.807) is 19.2 Å².